The van der Waals surface area contributed by atoms with E-state index in [0.717, 1.165) is 21.7 Å². The van der Waals surface area contributed by atoms with E-state index in [9.17, 15) is 14.4 Å². The molecule has 0 saturated carbocycles. The van der Waals surface area contributed by atoms with Crippen LogP contribution in [0, 0.1) is 13.8 Å². The topological polar surface area (TPSA) is 66.5 Å². The largest absolute Gasteiger partial charge is 0.322 e. The van der Waals surface area contributed by atoms with Gasteiger partial charge < -0.3 is 5.32 Å². The fourth-order valence-corrected chi connectivity index (χ4v) is 3.25. The average Bonchev–Trinajstić information content (AvgIpc) is 2.96. The maximum absolute atomic E-state index is 12.6. The van der Waals surface area contributed by atoms with Gasteiger partial charge in [0.05, 0.1) is 16.8 Å². The van der Waals surface area contributed by atoms with Gasteiger partial charge in [-0.05, 0) is 67.4 Å². The highest BCUT2D eigenvalue weighted by atomic mass is 16.2. The summed E-state index contributed by atoms with van der Waals surface area (Å²) in [5.74, 6) is -0.955. The lowest BCUT2D eigenvalue weighted by molar-refractivity contribution is 0.0925. The number of benzene rings is 3. The van der Waals surface area contributed by atoms with E-state index in [0.29, 0.717) is 22.4 Å². The van der Waals surface area contributed by atoms with Crippen LogP contribution >= 0.6 is 0 Å². The van der Waals surface area contributed by atoms with Crippen LogP contribution in [-0.2, 0) is 0 Å². The second-order valence-corrected chi connectivity index (χ2v) is 6.81. The zero-order chi connectivity index (χ0) is 19.8. The molecule has 28 heavy (non-hydrogen) atoms. The Morgan fingerprint density at radius 1 is 0.821 bits per heavy atom. The van der Waals surface area contributed by atoms with Crippen molar-refractivity contribution < 1.29 is 14.4 Å². The molecule has 0 atom stereocenters. The molecule has 1 aliphatic heterocycles. The minimum atomic E-state index is -0.354. The number of nitrogens with one attached hydrogen (secondary N) is 1. The maximum Gasteiger partial charge on any atom is 0.266 e. The number of nitrogens with zero attached hydrogens (tertiary/aromatic N) is 1. The number of hydrogen-bond acceptors (Lipinski definition) is 3. The van der Waals surface area contributed by atoms with Crippen molar-refractivity contribution in [1.82, 2.24) is 0 Å². The maximum atomic E-state index is 12.6. The number of amides is 3. The normalized spacial score (nSPS) is 12.9. The minimum absolute atomic E-state index is 0.248. The van der Waals surface area contributed by atoms with Crippen molar-refractivity contribution in [2.75, 3.05) is 10.2 Å². The number of carbonyl (C=O) groups is 3. The SMILES string of the molecule is Cc1ccc(C)c(NC(=O)c2ccc(N3C(=O)c4ccccc4C3=O)cc2)c1. The lowest BCUT2D eigenvalue weighted by atomic mass is 10.1. The Balaban J connectivity index is 1.56. The van der Waals surface area contributed by atoms with Gasteiger partial charge in [0.25, 0.3) is 17.7 Å². The highest BCUT2D eigenvalue weighted by Crippen LogP contribution is 2.28. The third-order valence-corrected chi connectivity index (χ3v) is 4.82. The lowest BCUT2D eigenvalue weighted by Crippen LogP contribution is -2.29. The Hall–Kier alpha value is -3.73. The highest BCUT2D eigenvalue weighted by molar-refractivity contribution is 6.34. The van der Waals surface area contributed by atoms with E-state index in [4.69, 9.17) is 0 Å². The van der Waals surface area contributed by atoms with Crippen LogP contribution in [0.3, 0.4) is 0 Å². The summed E-state index contributed by atoms with van der Waals surface area (Å²) in [5.41, 5.74) is 4.46. The molecule has 3 aromatic rings. The summed E-state index contributed by atoms with van der Waals surface area (Å²) in [6.45, 7) is 3.90. The molecular formula is C23H18N2O3. The van der Waals surface area contributed by atoms with Crippen molar-refractivity contribution in [2.45, 2.75) is 13.8 Å². The van der Waals surface area contributed by atoms with Gasteiger partial charge in [-0.15, -0.1) is 0 Å². The van der Waals surface area contributed by atoms with Crippen LogP contribution in [0.4, 0.5) is 11.4 Å². The van der Waals surface area contributed by atoms with Crippen molar-refractivity contribution in [2.24, 2.45) is 0 Å². The monoisotopic (exact) mass is 370 g/mol. The van der Waals surface area contributed by atoms with Crippen LogP contribution in [0.15, 0.2) is 66.7 Å². The van der Waals surface area contributed by atoms with Gasteiger partial charge in [0.15, 0.2) is 0 Å². The second-order valence-electron chi connectivity index (χ2n) is 6.81. The lowest BCUT2D eigenvalue weighted by Gasteiger charge is -2.14. The Kier molecular flexibility index (Phi) is 4.28. The van der Waals surface area contributed by atoms with Gasteiger partial charge in [0.2, 0.25) is 0 Å². The Morgan fingerprint density at radius 2 is 1.43 bits per heavy atom. The zero-order valence-electron chi connectivity index (χ0n) is 15.5. The summed E-state index contributed by atoms with van der Waals surface area (Å²) in [6.07, 6.45) is 0. The van der Waals surface area contributed by atoms with E-state index in [1.54, 1.807) is 48.5 Å². The van der Waals surface area contributed by atoms with Crippen molar-refractivity contribution >= 4 is 29.1 Å². The first-order valence-corrected chi connectivity index (χ1v) is 8.92. The molecule has 1 aliphatic rings. The van der Waals surface area contributed by atoms with Gasteiger partial charge in [-0.25, -0.2) is 4.90 Å². The summed E-state index contributed by atoms with van der Waals surface area (Å²) < 4.78 is 0. The highest BCUT2D eigenvalue weighted by Gasteiger charge is 2.36. The van der Waals surface area contributed by atoms with Gasteiger partial charge in [0.1, 0.15) is 0 Å². The van der Waals surface area contributed by atoms with Crippen LogP contribution < -0.4 is 10.2 Å². The third-order valence-electron chi connectivity index (χ3n) is 4.82. The van der Waals surface area contributed by atoms with Crippen molar-refractivity contribution in [3.05, 3.63) is 94.5 Å². The first-order valence-electron chi connectivity index (χ1n) is 8.92. The Morgan fingerprint density at radius 3 is 2.04 bits per heavy atom. The fraction of sp³-hybridized carbons (Fsp3) is 0.0870. The number of aryl methyl sites for hydroxylation is 2. The smallest absolute Gasteiger partial charge is 0.266 e. The quantitative estimate of drug-likeness (QED) is 0.697. The summed E-state index contributed by atoms with van der Waals surface area (Å²) >= 11 is 0. The van der Waals surface area contributed by atoms with Crippen molar-refractivity contribution in [1.29, 1.82) is 0 Å². The van der Waals surface area contributed by atoms with Crippen LogP contribution in [0.2, 0.25) is 0 Å². The van der Waals surface area contributed by atoms with Crippen molar-refractivity contribution in [3.63, 3.8) is 0 Å². The summed E-state index contributed by atoms with van der Waals surface area (Å²) in [7, 11) is 0. The molecule has 0 saturated heterocycles. The summed E-state index contributed by atoms with van der Waals surface area (Å²) in [4.78, 5) is 38.8. The van der Waals surface area contributed by atoms with Gasteiger partial charge in [-0.3, -0.25) is 14.4 Å². The van der Waals surface area contributed by atoms with E-state index < -0.39 is 0 Å². The Labute approximate surface area is 162 Å². The molecule has 1 N–H and O–H groups in total. The molecule has 3 aromatic carbocycles. The minimum Gasteiger partial charge on any atom is -0.322 e. The molecule has 0 spiro atoms. The van der Waals surface area contributed by atoms with Crippen LogP contribution in [-0.4, -0.2) is 17.7 Å². The molecule has 0 unspecified atom stereocenters. The molecule has 1 heterocycles. The van der Waals surface area contributed by atoms with Crippen LogP contribution in [0.5, 0.6) is 0 Å². The predicted molar refractivity (Wildman–Crippen MR) is 108 cm³/mol. The molecule has 138 valence electrons. The van der Waals surface area contributed by atoms with Crippen LogP contribution in [0.25, 0.3) is 0 Å². The van der Waals surface area contributed by atoms with E-state index in [2.05, 4.69) is 5.32 Å². The standard InChI is InChI=1S/C23H18N2O3/c1-14-7-8-15(2)20(13-14)24-21(26)16-9-11-17(12-10-16)25-22(27)18-5-3-4-6-19(18)23(25)28/h3-13H,1-2H3,(H,24,26). The molecule has 0 bridgehead atoms. The molecule has 0 aromatic heterocycles. The van der Waals surface area contributed by atoms with Crippen molar-refractivity contribution in [3.8, 4) is 0 Å². The summed E-state index contributed by atoms with van der Waals surface area (Å²) in [5, 5.41) is 2.90. The molecular weight excluding hydrogens is 352 g/mol. The predicted octanol–water partition coefficient (Wildman–Crippen LogP) is 4.36. The van der Waals surface area contributed by atoms with E-state index in [1.165, 1.54) is 0 Å². The molecule has 0 radical (unpaired) electrons. The first-order chi connectivity index (χ1) is 13.5. The second kappa shape index (κ2) is 6.78. The molecule has 5 heteroatoms. The summed E-state index contributed by atoms with van der Waals surface area (Å²) in [6, 6.07) is 19.0. The molecule has 0 aliphatic carbocycles. The number of rotatable bonds is 3. The molecule has 3 amide bonds. The first kappa shape index (κ1) is 17.7. The Bertz CT molecular complexity index is 1080. The number of anilines is 2. The average molecular weight is 370 g/mol. The van der Waals surface area contributed by atoms with Gasteiger partial charge in [-0.2, -0.15) is 0 Å². The number of hydrogen-bond donors (Lipinski definition) is 1. The fourth-order valence-electron chi connectivity index (χ4n) is 3.25. The van der Waals surface area contributed by atoms with Gasteiger partial charge >= 0.3 is 0 Å². The van der Waals surface area contributed by atoms with Gasteiger partial charge in [-0.1, -0.05) is 24.3 Å². The molecule has 5 nitrogen and oxygen atoms in total. The van der Waals surface area contributed by atoms with E-state index in [-0.39, 0.29) is 17.7 Å². The number of carbonyl (C=O) groups excluding carboxylic acids is 3. The van der Waals surface area contributed by atoms with E-state index >= 15 is 0 Å². The van der Waals surface area contributed by atoms with Crippen LogP contribution in [0.1, 0.15) is 42.2 Å². The number of fused-ring (bicyclic) bond motifs is 1. The third kappa shape index (κ3) is 2.97. The molecule has 0 fully saturated rings. The number of imide groups is 1. The van der Waals surface area contributed by atoms with E-state index in [1.807, 2.05) is 32.0 Å². The zero-order valence-corrected chi connectivity index (χ0v) is 15.5. The van der Waals surface area contributed by atoms with Gasteiger partial charge in [0, 0.05) is 11.3 Å². The molecule has 4 rings (SSSR count).